The van der Waals surface area contributed by atoms with Gasteiger partial charge < -0.3 is 0 Å². The molecule has 0 bridgehead atoms. The molecule has 15 heavy (non-hydrogen) atoms. The number of rotatable bonds is 0. The molecular weight excluding hydrogens is 214 g/mol. The number of aromatic nitrogens is 2. The summed E-state index contributed by atoms with van der Waals surface area (Å²) in [4.78, 5) is 28.0. The van der Waals surface area contributed by atoms with Crippen LogP contribution in [0.3, 0.4) is 0 Å². The van der Waals surface area contributed by atoms with E-state index in [9.17, 15) is 9.59 Å². The van der Waals surface area contributed by atoms with Crippen LogP contribution in [0.4, 0.5) is 5.95 Å². The van der Waals surface area contributed by atoms with E-state index in [4.69, 9.17) is 0 Å². The zero-order valence-electron chi connectivity index (χ0n) is 7.90. The summed E-state index contributed by atoms with van der Waals surface area (Å²) in [5, 5.41) is 5.08. The van der Waals surface area contributed by atoms with E-state index >= 15 is 0 Å². The maximum absolute atomic E-state index is 12.0. The number of anilines is 1. The lowest BCUT2D eigenvalue weighted by molar-refractivity contribution is -0.115. The van der Waals surface area contributed by atoms with Gasteiger partial charge in [-0.05, 0) is 17.9 Å². The smallest absolute Gasteiger partial charge is 0.264 e. The molecule has 3 rings (SSSR count). The Bertz CT molecular complexity index is 641. The Morgan fingerprint density at radius 2 is 2.33 bits per heavy atom. The summed E-state index contributed by atoms with van der Waals surface area (Å²) in [5.41, 5.74) is 0.786. The standard InChI is InChI=1S/C9H7N3O2S/c1-4-3-15-7-6(4)8(14)12-2-5(13)10-9(12)11-7/h3H,2H2,1H3,(H,10,11,13). The zero-order chi connectivity index (χ0) is 10.6. The Kier molecular flexibility index (Phi) is 1.53. The lowest BCUT2D eigenvalue weighted by Crippen LogP contribution is -2.19. The molecule has 1 aliphatic heterocycles. The molecule has 0 fully saturated rings. The molecule has 0 unspecified atom stereocenters. The van der Waals surface area contributed by atoms with Gasteiger partial charge in [0.05, 0.1) is 5.39 Å². The maximum Gasteiger partial charge on any atom is 0.264 e. The highest BCUT2D eigenvalue weighted by Gasteiger charge is 2.22. The fourth-order valence-corrected chi connectivity index (χ4v) is 2.62. The van der Waals surface area contributed by atoms with E-state index in [2.05, 4.69) is 10.3 Å². The van der Waals surface area contributed by atoms with E-state index < -0.39 is 0 Å². The van der Waals surface area contributed by atoms with Gasteiger partial charge in [-0.15, -0.1) is 11.3 Å². The summed E-state index contributed by atoms with van der Waals surface area (Å²) in [7, 11) is 0. The van der Waals surface area contributed by atoms with Crippen LogP contribution in [0.2, 0.25) is 0 Å². The van der Waals surface area contributed by atoms with Gasteiger partial charge in [-0.3, -0.25) is 19.5 Å². The molecule has 1 amide bonds. The minimum Gasteiger partial charge on any atom is -0.294 e. The van der Waals surface area contributed by atoms with Gasteiger partial charge in [0.25, 0.3) is 5.56 Å². The first-order chi connectivity index (χ1) is 7.16. The van der Waals surface area contributed by atoms with Gasteiger partial charge in [0, 0.05) is 0 Å². The number of thiophene rings is 1. The lowest BCUT2D eigenvalue weighted by Gasteiger charge is -1.99. The quantitative estimate of drug-likeness (QED) is 0.712. The van der Waals surface area contributed by atoms with Crippen LogP contribution in [0.1, 0.15) is 5.56 Å². The third-order valence-corrected chi connectivity index (χ3v) is 3.42. The van der Waals surface area contributed by atoms with Gasteiger partial charge in [0.15, 0.2) is 0 Å². The lowest BCUT2D eigenvalue weighted by atomic mass is 10.3. The molecule has 76 valence electrons. The average Bonchev–Trinajstić information content (AvgIpc) is 2.71. The molecule has 0 saturated heterocycles. The van der Waals surface area contributed by atoms with Gasteiger partial charge in [0.2, 0.25) is 11.9 Å². The van der Waals surface area contributed by atoms with Crippen molar-refractivity contribution in [2.75, 3.05) is 5.32 Å². The summed E-state index contributed by atoms with van der Waals surface area (Å²) in [6.07, 6.45) is 0. The third kappa shape index (κ3) is 1.05. The summed E-state index contributed by atoms with van der Waals surface area (Å²) < 4.78 is 1.38. The van der Waals surface area contributed by atoms with Gasteiger partial charge in [-0.1, -0.05) is 0 Å². The maximum atomic E-state index is 12.0. The molecule has 2 aromatic heterocycles. The van der Waals surface area contributed by atoms with Crippen molar-refractivity contribution in [2.24, 2.45) is 0 Å². The van der Waals surface area contributed by atoms with Crippen molar-refractivity contribution in [3.8, 4) is 0 Å². The van der Waals surface area contributed by atoms with Crippen LogP contribution in [-0.2, 0) is 11.3 Å². The second-order valence-corrected chi connectivity index (χ2v) is 4.33. The molecule has 0 atom stereocenters. The Hall–Kier alpha value is -1.69. The van der Waals surface area contributed by atoms with E-state index in [0.29, 0.717) is 16.2 Å². The van der Waals surface area contributed by atoms with E-state index in [-0.39, 0.29) is 18.0 Å². The molecule has 1 N–H and O–H groups in total. The number of aryl methyl sites for hydroxylation is 1. The first-order valence-electron chi connectivity index (χ1n) is 4.45. The van der Waals surface area contributed by atoms with Crippen molar-refractivity contribution < 1.29 is 4.79 Å². The van der Waals surface area contributed by atoms with Crippen LogP contribution < -0.4 is 10.9 Å². The molecule has 0 spiro atoms. The third-order valence-electron chi connectivity index (χ3n) is 2.43. The van der Waals surface area contributed by atoms with Crippen LogP contribution >= 0.6 is 11.3 Å². The van der Waals surface area contributed by atoms with Crippen molar-refractivity contribution >= 4 is 33.4 Å². The minimum atomic E-state index is -0.185. The Balaban J connectivity index is 2.47. The van der Waals surface area contributed by atoms with Crippen molar-refractivity contribution in [3.05, 3.63) is 21.3 Å². The van der Waals surface area contributed by atoms with E-state index in [1.165, 1.54) is 15.9 Å². The highest BCUT2D eigenvalue weighted by Crippen LogP contribution is 2.23. The normalized spacial score (nSPS) is 14.3. The predicted molar refractivity (Wildman–Crippen MR) is 57.2 cm³/mol. The van der Waals surface area contributed by atoms with Crippen LogP contribution in [0.25, 0.3) is 10.2 Å². The van der Waals surface area contributed by atoms with Gasteiger partial charge in [-0.25, -0.2) is 4.98 Å². The number of carbonyl (C=O) groups excluding carboxylic acids is 1. The van der Waals surface area contributed by atoms with Crippen LogP contribution in [0, 0.1) is 6.92 Å². The average molecular weight is 221 g/mol. The molecular formula is C9H7N3O2S. The van der Waals surface area contributed by atoms with E-state index in [1.54, 1.807) is 0 Å². The molecule has 2 aromatic rings. The monoisotopic (exact) mass is 221 g/mol. The summed E-state index contributed by atoms with van der Waals surface area (Å²) >= 11 is 1.42. The summed E-state index contributed by atoms with van der Waals surface area (Å²) in [6, 6.07) is 0. The fourth-order valence-electron chi connectivity index (χ4n) is 1.71. The number of hydrogen-bond donors (Lipinski definition) is 1. The van der Waals surface area contributed by atoms with Gasteiger partial charge >= 0.3 is 0 Å². The van der Waals surface area contributed by atoms with E-state index in [1.807, 2.05) is 12.3 Å². The Morgan fingerprint density at radius 1 is 1.53 bits per heavy atom. The number of nitrogens with one attached hydrogen (secondary N) is 1. The summed E-state index contributed by atoms with van der Waals surface area (Å²) in [5.74, 6) is 0.175. The topological polar surface area (TPSA) is 64.0 Å². The second kappa shape index (κ2) is 2.66. The largest absolute Gasteiger partial charge is 0.294 e. The molecule has 0 aromatic carbocycles. The van der Waals surface area contributed by atoms with Gasteiger partial charge in [0.1, 0.15) is 11.4 Å². The van der Waals surface area contributed by atoms with Crippen LogP contribution in [0.15, 0.2) is 10.2 Å². The SMILES string of the molecule is Cc1csc2nc3n(c(=O)c12)CC(=O)N3. The fraction of sp³-hybridized carbons (Fsp3) is 0.222. The first-order valence-corrected chi connectivity index (χ1v) is 5.33. The van der Waals surface area contributed by atoms with Crippen LogP contribution in [0.5, 0.6) is 0 Å². The Labute approximate surface area is 88.4 Å². The number of carbonyl (C=O) groups is 1. The second-order valence-electron chi connectivity index (χ2n) is 3.47. The number of hydrogen-bond acceptors (Lipinski definition) is 4. The molecule has 0 saturated carbocycles. The summed E-state index contributed by atoms with van der Waals surface area (Å²) in [6.45, 7) is 1.95. The number of nitrogens with zero attached hydrogens (tertiary/aromatic N) is 2. The van der Waals surface area contributed by atoms with Crippen molar-refractivity contribution in [1.29, 1.82) is 0 Å². The number of fused-ring (bicyclic) bond motifs is 2. The minimum absolute atomic E-state index is 0.0758. The van der Waals surface area contributed by atoms with Gasteiger partial charge in [-0.2, -0.15) is 0 Å². The Morgan fingerprint density at radius 3 is 3.13 bits per heavy atom. The first kappa shape index (κ1) is 8.60. The van der Waals surface area contributed by atoms with Crippen molar-refractivity contribution in [3.63, 3.8) is 0 Å². The molecule has 1 aliphatic rings. The van der Waals surface area contributed by atoms with Crippen LogP contribution in [-0.4, -0.2) is 15.5 Å². The zero-order valence-corrected chi connectivity index (χ0v) is 8.72. The molecule has 3 heterocycles. The predicted octanol–water partition coefficient (Wildman–Crippen LogP) is 0.719. The molecule has 0 aliphatic carbocycles. The molecule has 6 heteroatoms. The van der Waals surface area contributed by atoms with Crippen molar-refractivity contribution in [2.45, 2.75) is 13.5 Å². The molecule has 0 radical (unpaired) electrons. The number of amides is 1. The van der Waals surface area contributed by atoms with Crippen molar-refractivity contribution in [1.82, 2.24) is 9.55 Å². The molecule has 5 nitrogen and oxygen atoms in total. The highest BCUT2D eigenvalue weighted by molar-refractivity contribution is 7.16. The highest BCUT2D eigenvalue weighted by atomic mass is 32.1. The van der Waals surface area contributed by atoms with E-state index in [0.717, 1.165) is 5.56 Å².